The molecule has 1 saturated carbocycles. The number of nitrogens with one attached hydrogen (secondary N) is 1. The van der Waals surface area contributed by atoms with Crippen LogP contribution in [0.3, 0.4) is 0 Å². The maximum Gasteiger partial charge on any atom is 0.255 e. The van der Waals surface area contributed by atoms with Crippen molar-refractivity contribution in [3.05, 3.63) is 76.9 Å². The van der Waals surface area contributed by atoms with Crippen molar-refractivity contribution in [2.45, 2.75) is 63.5 Å². The van der Waals surface area contributed by atoms with Crippen LogP contribution in [0.2, 0.25) is 0 Å². The van der Waals surface area contributed by atoms with Gasteiger partial charge in [-0.05, 0) is 49.3 Å². The molecule has 0 aromatic heterocycles. The van der Waals surface area contributed by atoms with Crippen molar-refractivity contribution < 1.29 is 4.79 Å². The van der Waals surface area contributed by atoms with Gasteiger partial charge in [0.1, 0.15) is 0 Å². The Morgan fingerprint density at radius 2 is 1.87 bits per heavy atom. The molecule has 2 aliphatic carbocycles. The first-order chi connectivity index (χ1) is 14.6. The van der Waals surface area contributed by atoms with Crippen molar-refractivity contribution >= 4 is 11.6 Å². The maximum atomic E-state index is 13.6. The van der Waals surface area contributed by atoms with Crippen LogP contribution >= 0.6 is 0 Å². The summed E-state index contributed by atoms with van der Waals surface area (Å²) < 4.78 is 0. The number of nitrogens with zero attached hydrogens (tertiary/aromatic N) is 1. The van der Waals surface area contributed by atoms with E-state index in [1.807, 2.05) is 18.0 Å². The monoisotopic (exact) mass is 400 g/mol. The standard InChI is InChI=1S/C27H32N2O/c1-18-9-6-10-19(17-18)25-22-14-7-13-21(22)23-15-8-16-24(26(23)28-25)27(30)29(2)20-11-4-3-5-12-20/h6-10,13,15-17,20-22,25,28H,3-5,11-12,14H2,1-2H3. The quantitative estimate of drug-likeness (QED) is 0.620. The summed E-state index contributed by atoms with van der Waals surface area (Å²) in [6.45, 7) is 2.15. The van der Waals surface area contributed by atoms with Gasteiger partial charge < -0.3 is 10.2 Å². The third-order valence-electron chi connectivity index (χ3n) is 7.47. The van der Waals surface area contributed by atoms with Crippen LogP contribution in [0.25, 0.3) is 0 Å². The van der Waals surface area contributed by atoms with Crippen molar-refractivity contribution in [3.8, 4) is 0 Å². The highest BCUT2D eigenvalue weighted by atomic mass is 16.2. The minimum absolute atomic E-state index is 0.162. The van der Waals surface area contributed by atoms with Crippen molar-refractivity contribution in [2.75, 3.05) is 12.4 Å². The number of fused-ring (bicyclic) bond motifs is 3. The largest absolute Gasteiger partial charge is 0.377 e. The molecule has 0 bridgehead atoms. The van der Waals surface area contributed by atoms with Crippen LogP contribution < -0.4 is 5.32 Å². The zero-order chi connectivity index (χ0) is 20.7. The lowest BCUT2D eigenvalue weighted by Crippen LogP contribution is -2.39. The fraction of sp³-hybridized carbons (Fsp3) is 0.444. The normalized spacial score (nSPS) is 25.3. The van der Waals surface area contributed by atoms with Crippen molar-refractivity contribution in [2.24, 2.45) is 5.92 Å². The number of hydrogen-bond donors (Lipinski definition) is 1. The lowest BCUT2D eigenvalue weighted by Gasteiger charge is -2.39. The van der Waals surface area contributed by atoms with Crippen LogP contribution in [-0.2, 0) is 0 Å². The summed E-state index contributed by atoms with van der Waals surface area (Å²) in [5.41, 5.74) is 5.76. The number of carbonyl (C=O) groups is 1. The summed E-state index contributed by atoms with van der Waals surface area (Å²) >= 11 is 0. The molecule has 2 aromatic rings. The second-order valence-electron chi connectivity index (χ2n) is 9.37. The van der Waals surface area contributed by atoms with Gasteiger partial charge in [0, 0.05) is 19.0 Å². The summed E-state index contributed by atoms with van der Waals surface area (Å²) in [5.74, 6) is 1.04. The molecule has 1 aliphatic heterocycles. The topological polar surface area (TPSA) is 32.3 Å². The van der Waals surface area contributed by atoms with Crippen LogP contribution in [0, 0.1) is 12.8 Å². The lowest BCUT2D eigenvalue weighted by molar-refractivity contribution is 0.0697. The highest BCUT2D eigenvalue weighted by molar-refractivity contribution is 6.01. The van der Waals surface area contributed by atoms with E-state index in [4.69, 9.17) is 0 Å². The van der Waals surface area contributed by atoms with Crippen LogP contribution in [0.5, 0.6) is 0 Å². The van der Waals surface area contributed by atoms with E-state index in [1.165, 1.54) is 36.0 Å². The number of anilines is 1. The molecule has 3 atom stereocenters. The van der Waals surface area contributed by atoms with Gasteiger partial charge in [0.2, 0.25) is 0 Å². The molecule has 0 spiro atoms. The SMILES string of the molecule is Cc1cccc(C2Nc3c(C(=O)N(C)C4CCCCC4)cccc3C3C=CCC32)c1. The Morgan fingerprint density at radius 1 is 1.07 bits per heavy atom. The fourth-order valence-electron chi connectivity index (χ4n) is 5.82. The molecule has 3 unspecified atom stereocenters. The second-order valence-corrected chi connectivity index (χ2v) is 9.37. The third-order valence-corrected chi connectivity index (χ3v) is 7.47. The van der Waals surface area contributed by atoms with Gasteiger partial charge in [-0.3, -0.25) is 4.79 Å². The number of amides is 1. The fourth-order valence-corrected chi connectivity index (χ4v) is 5.82. The number of benzene rings is 2. The predicted molar refractivity (Wildman–Crippen MR) is 123 cm³/mol. The van der Waals surface area contributed by atoms with Crippen molar-refractivity contribution in [1.29, 1.82) is 0 Å². The third kappa shape index (κ3) is 3.34. The zero-order valence-corrected chi connectivity index (χ0v) is 18.1. The molecule has 5 rings (SSSR count). The van der Waals surface area contributed by atoms with Gasteiger partial charge in [0.25, 0.3) is 5.91 Å². The van der Waals surface area contributed by atoms with Crippen molar-refractivity contribution in [3.63, 3.8) is 0 Å². The minimum atomic E-state index is 0.162. The Hall–Kier alpha value is -2.55. The minimum Gasteiger partial charge on any atom is -0.377 e. The van der Waals surface area contributed by atoms with E-state index in [0.717, 1.165) is 30.5 Å². The Bertz CT molecular complexity index is 973. The van der Waals surface area contributed by atoms with Crippen molar-refractivity contribution in [1.82, 2.24) is 4.90 Å². The molecule has 3 heteroatoms. The average Bonchev–Trinajstić information content (AvgIpc) is 3.28. The highest BCUT2D eigenvalue weighted by Crippen LogP contribution is 2.50. The molecular weight excluding hydrogens is 368 g/mol. The zero-order valence-electron chi connectivity index (χ0n) is 18.1. The van der Waals surface area contributed by atoms with E-state index in [2.05, 4.69) is 60.8 Å². The van der Waals surface area contributed by atoms with E-state index in [0.29, 0.717) is 17.9 Å². The molecule has 30 heavy (non-hydrogen) atoms. The van der Waals surface area contributed by atoms with Crippen LogP contribution in [0.1, 0.15) is 77.5 Å². The molecule has 3 aliphatic rings. The van der Waals surface area contributed by atoms with Crippen LogP contribution in [0.15, 0.2) is 54.6 Å². The number of aryl methyl sites for hydroxylation is 1. The molecule has 1 heterocycles. The number of para-hydroxylation sites is 1. The molecule has 1 amide bonds. The van der Waals surface area contributed by atoms with Gasteiger partial charge in [-0.2, -0.15) is 0 Å². The number of allylic oxidation sites excluding steroid dienone is 2. The summed E-state index contributed by atoms with van der Waals surface area (Å²) in [5, 5.41) is 3.83. The Kier molecular flexibility index (Phi) is 5.14. The first kappa shape index (κ1) is 19.4. The van der Waals surface area contributed by atoms with Gasteiger partial charge in [0.15, 0.2) is 0 Å². The molecule has 3 nitrogen and oxygen atoms in total. The Labute approximate surface area is 180 Å². The second kappa shape index (κ2) is 7.94. The summed E-state index contributed by atoms with van der Waals surface area (Å²) in [7, 11) is 2.00. The molecule has 2 aromatic carbocycles. The van der Waals surface area contributed by atoms with E-state index < -0.39 is 0 Å². The van der Waals surface area contributed by atoms with Crippen LogP contribution in [-0.4, -0.2) is 23.9 Å². The first-order valence-electron chi connectivity index (χ1n) is 11.5. The number of hydrogen-bond acceptors (Lipinski definition) is 2. The van der Waals surface area contributed by atoms with Gasteiger partial charge in [-0.25, -0.2) is 0 Å². The summed E-state index contributed by atoms with van der Waals surface area (Å²) in [6.07, 6.45) is 11.8. The highest BCUT2D eigenvalue weighted by Gasteiger charge is 2.39. The molecule has 0 saturated heterocycles. The first-order valence-corrected chi connectivity index (χ1v) is 11.5. The maximum absolute atomic E-state index is 13.6. The van der Waals surface area contributed by atoms with E-state index in [-0.39, 0.29) is 11.9 Å². The van der Waals surface area contributed by atoms with Gasteiger partial charge in [0.05, 0.1) is 17.3 Å². The molecule has 1 fully saturated rings. The Balaban J connectivity index is 1.52. The average molecular weight is 401 g/mol. The van der Waals surface area contributed by atoms with E-state index in [9.17, 15) is 4.79 Å². The van der Waals surface area contributed by atoms with E-state index in [1.54, 1.807) is 0 Å². The molecule has 156 valence electrons. The molecular formula is C27H32N2O. The molecule has 1 N–H and O–H groups in total. The number of carbonyl (C=O) groups excluding carboxylic acids is 1. The van der Waals surface area contributed by atoms with Gasteiger partial charge in [-0.1, -0.05) is 73.4 Å². The van der Waals surface area contributed by atoms with Gasteiger partial charge in [-0.15, -0.1) is 0 Å². The van der Waals surface area contributed by atoms with Crippen LogP contribution in [0.4, 0.5) is 5.69 Å². The van der Waals surface area contributed by atoms with Gasteiger partial charge >= 0.3 is 0 Å². The number of rotatable bonds is 3. The Morgan fingerprint density at radius 3 is 2.67 bits per heavy atom. The summed E-state index contributed by atoms with van der Waals surface area (Å²) in [4.78, 5) is 15.6. The lowest BCUT2D eigenvalue weighted by atomic mass is 9.76. The van der Waals surface area contributed by atoms with E-state index >= 15 is 0 Å². The smallest absolute Gasteiger partial charge is 0.255 e. The predicted octanol–water partition coefficient (Wildman–Crippen LogP) is 6.23. The summed E-state index contributed by atoms with van der Waals surface area (Å²) in [6, 6.07) is 15.7. The molecule has 0 radical (unpaired) electrons.